The van der Waals surface area contributed by atoms with E-state index < -0.39 is 5.97 Å². The second-order valence-electron chi connectivity index (χ2n) is 1.69. The van der Waals surface area contributed by atoms with Crippen LogP contribution in [-0.2, 0) is 4.79 Å². The van der Waals surface area contributed by atoms with Gasteiger partial charge in [0.05, 0.1) is 0 Å². The minimum atomic E-state index is -0.833. The van der Waals surface area contributed by atoms with Gasteiger partial charge in [0.15, 0.2) is 0 Å². The highest BCUT2D eigenvalue weighted by Crippen LogP contribution is 2.25. The Labute approximate surface area is 53.5 Å². The second-order valence-corrected chi connectivity index (χ2v) is 2.31. The van der Waals surface area contributed by atoms with Gasteiger partial charge in [-0.15, -0.1) is 11.6 Å². The van der Waals surface area contributed by atoms with Crippen LogP contribution >= 0.6 is 11.6 Å². The Morgan fingerprint density at radius 3 is 1.88 bits per heavy atom. The van der Waals surface area contributed by atoms with Gasteiger partial charge in [0.1, 0.15) is 0 Å². The number of alkyl halides is 1. The zero-order valence-electron chi connectivity index (χ0n) is 4.72. The lowest BCUT2D eigenvalue weighted by Crippen LogP contribution is -1.78. The Balaban J connectivity index is 0.000000122. The van der Waals surface area contributed by atoms with Gasteiger partial charge in [0, 0.05) is 12.3 Å². The van der Waals surface area contributed by atoms with E-state index in [-0.39, 0.29) is 0 Å². The molecule has 1 rings (SSSR count). The van der Waals surface area contributed by atoms with E-state index in [1.54, 1.807) is 0 Å². The molecule has 48 valence electrons. The van der Waals surface area contributed by atoms with Crippen molar-refractivity contribution in [1.82, 2.24) is 0 Å². The van der Waals surface area contributed by atoms with Gasteiger partial charge in [-0.1, -0.05) is 0 Å². The van der Waals surface area contributed by atoms with Crippen LogP contribution in [0.1, 0.15) is 19.8 Å². The molecule has 1 aliphatic carbocycles. The number of carboxylic acid groups (broad SMARTS) is 1. The van der Waals surface area contributed by atoms with E-state index in [1.807, 2.05) is 0 Å². The van der Waals surface area contributed by atoms with Crippen molar-refractivity contribution in [1.29, 1.82) is 0 Å². The van der Waals surface area contributed by atoms with Crippen molar-refractivity contribution in [2.75, 3.05) is 0 Å². The van der Waals surface area contributed by atoms with Crippen molar-refractivity contribution in [2.24, 2.45) is 0 Å². The molecule has 0 amide bonds. The molecular formula is C5H9ClO2. The Bertz CT molecular complexity index is 74.5. The van der Waals surface area contributed by atoms with E-state index in [4.69, 9.17) is 21.5 Å². The largest absolute Gasteiger partial charge is 0.481 e. The van der Waals surface area contributed by atoms with E-state index >= 15 is 0 Å². The third-order valence-corrected chi connectivity index (χ3v) is 0.943. The number of carbonyl (C=O) groups is 1. The standard InChI is InChI=1S/C3H5Cl.C2H4O2/c4-3-1-2-3;1-2(3)4/h3H,1-2H2;1H3,(H,3,4). The molecule has 1 saturated carbocycles. The monoisotopic (exact) mass is 136 g/mol. The number of hydrogen-bond donors (Lipinski definition) is 1. The Hall–Kier alpha value is -0.240. The predicted octanol–water partition coefficient (Wildman–Crippen LogP) is 1.48. The summed E-state index contributed by atoms with van der Waals surface area (Å²) in [5.41, 5.74) is 0. The van der Waals surface area contributed by atoms with Gasteiger partial charge in [0.25, 0.3) is 5.97 Å². The summed E-state index contributed by atoms with van der Waals surface area (Å²) in [4.78, 5) is 9.00. The maximum absolute atomic E-state index is 9.00. The summed E-state index contributed by atoms with van der Waals surface area (Å²) in [7, 11) is 0. The fourth-order valence-electron chi connectivity index (χ4n) is 0.0630. The highest BCUT2D eigenvalue weighted by molar-refractivity contribution is 6.22. The molecule has 1 fully saturated rings. The third kappa shape index (κ3) is 17.1. The lowest BCUT2D eigenvalue weighted by atomic mass is 10.9. The third-order valence-electron chi connectivity index (χ3n) is 0.507. The molecule has 0 radical (unpaired) electrons. The van der Waals surface area contributed by atoms with Crippen molar-refractivity contribution in [3.05, 3.63) is 0 Å². The highest BCUT2D eigenvalue weighted by Gasteiger charge is 2.15. The van der Waals surface area contributed by atoms with Crippen LogP contribution in [0.15, 0.2) is 0 Å². The molecule has 1 N–H and O–H groups in total. The van der Waals surface area contributed by atoms with Crippen molar-refractivity contribution < 1.29 is 9.90 Å². The SMILES string of the molecule is CC(=O)O.ClC1CC1. The summed E-state index contributed by atoms with van der Waals surface area (Å²) in [6.07, 6.45) is 2.50. The Morgan fingerprint density at radius 1 is 1.75 bits per heavy atom. The Kier molecular flexibility index (Phi) is 3.61. The quantitative estimate of drug-likeness (QED) is 0.512. The molecule has 0 spiro atoms. The van der Waals surface area contributed by atoms with Crippen LogP contribution < -0.4 is 0 Å². The number of halogens is 1. The van der Waals surface area contributed by atoms with Gasteiger partial charge in [-0.3, -0.25) is 4.79 Å². The smallest absolute Gasteiger partial charge is 0.300 e. The molecule has 1 aliphatic rings. The first-order valence-corrected chi connectivity index (χ1v) is 2.90. The molecule has 2 nitrogen and oxygen atoms in total. The van der Waals surface area contributed by atoms with Crippen LogP contribution in [0.2, 0.25) is 0 Å². The van der Waals surface area contributed by atoms with Crippen LogP contribution in [0.5, 0.6) is 0 Å². The van der Waals surface area contributed by atoms with Crippen molar-refractivity contribution in [3.63, 3.8) is 0 Å². The van der Waals surface area contributed by atoms with Gasteiger partial charge in [-0.05, 0) is 12.8 Å². The summed E-state index contributed by atoms with van der Waals surface area (Å²) >= 11 is 5.39. The average Bonchev–Trinajstić information content (AvgIpc) is 2.19. The van der Waals surface area contributed by atoms with Gasteiger partial charge >= 0.3 is 0 Å². The molecule has 0 saturated heterocycles. The first kappa shape index (κ1) is 7.76. The maximum atomic E-state index is 9.00. The van der Waals surface area contributed by atoms with Crippen LogP contribution in [0, 0.1) is 0 Å². The van der Waals surface area contributed by atoms with E-state index in [2.05, 4.69) is 0 Å². The highest BCUT2D eigenvalue weighted by atomic mass is 35.5. The van der Waals surface area contributed by atoms with Crippen molar-refractivity contribution in [3.8, 4) is 0 Å². The number of hydrogen-bond acceptors (Lipinski definition) is 1. The topological polar surface area (TPSA) is 37.3 Å². The fourth-order valence-corrected chi connectivity index (χ4v) is 0.189. The van der Waals surface area contributed by atoms with Gasteiger partial charge in [-0.25, -0.2) is 0 Å². The molecule has 0 bridgehead atoms. The molecule has 0 aliphatic heterocycles. The lowest BCUT2D eigenvalue weighted by Gasteiger charge is -1.59. The predicted molar refractivity (Wildman–Crippen MR) is 32.2 cm³/mol. The summed E-state index contributed by atoms with van der Waals surface area (Å²) in [6, 6.07) is 0. The number of aliphatic carboxylic acids is 1. The summed E-state index contributed by atoms with van der Waals surface area (Å²) < 4.78 is 0. The lowest BCUT2D eigenvalue weighted by molar-refractivity contribution is -0.134. The van der Waals surface area contributed by atoms with Gasteiger partial charge in [0.2, 0.25) is 0 Å². The Morgan fingerprint density at radius 2 is 1.88 bits per heavy atom. The summed E-state index contributed by atoms with van der Waals surface area (Å²) in [5, 5.41) is 7.97. The van der Waals surface area contributed by atoms with Crippen LogP contribution in [-0.4, -0.2) is 16.5 Å². The van der Waals surface area contributed by atoms with E-state index in [9.17, 15) is 0 Å². The zero-order valence-corrected chi connectivity index (χ0v) is 5.48. The molecule has 0 atom stereocenters. The number of carboxylic acids is 1. The minimum absolute atomic E-state index is 0.556. The molecule has 0 aromatic heterocycles. The van der Waals surface area contributed by atoms with Gasteiger partial charge < -0.3 is 5.11 Å². The number of rotatable bonds is 0. The maximum Gasteiger partial charge on any atom is 0.300 e. The molecule has 0 aromatic rings. The summed E-state index contributed by atoms with van der Waals surface area (Å²) in [5.74, 6) is -0.833. The normalized spacial score (nSPS) is 16.2. The average molecular weight is 137 g/mol. The molecular weight excluding hydrogens is 128 g/mol. The van der Waals surface area contributed by atoms with Crippen LogP contribution in [0.3, 0.4) is 0 Å². The van der Waals surface area contributed by atoms with Crippen molar-refractivity contribution in [2.45, 2.75) is 25.1 Å². The first-order chi connectivity index (χ1) is 3.63. The first-order valence-electron chi connectivity index (χ1n) is 2.46. The molecule has 8 heavy (non-hydrogen) atoms. The molecule has 0 heterocycles. The zero-order chi connectivity index (χ0) is 6.57. The van der Waals surface area contributed by atoms with E-state index in [0.717, 1.165) is 6.92 Å². The van der Waals surface area contributed by atoms with Gasteiger partial charge in [-0.2, -0.15) is 0 Å². The summed E-state index contributed by atoms with van der Waals surface area (Å²) in [6.45, 7) is 1.08. The minimum Gasteiger partial charge on any atom is -0.481 e. The fraction of sp³-hybridized carbons (Fsp3) is 0.800. The second kappa shape index (κ2) is 3.72. The van der Waals surface area contributed by atoms with Crippen molar-refractivity contribution >= 4 is 17.6 Å². The van der Waals surface area contributed by atoms with E-state index in [1.165, 1.54) is 12.8 Å². The molecule has 3 heteroatoms. The molecule has 0 unspecified atom stereocenters. The molecule has 0 aromatic carbocycles. The van der Waals surface area contributed by atoms with E-state index in [0.29, 0.717) is 5.38 Å². The van der Waals surface area contributed by atoms with Crippen LogP contribution in [0.25, 0.3) is 0 Å². The van der Waals surface area contributed by atoms with Crippen LogP contribution in [0.4, 0.5) is 0 Å².